The maximum Gasteiger partial charge on any atom is 0.324 e. The molecule has 1 spiro atoms. The van der Waals surface area contributed by atoms with E-state index in [1.165, 1.54) is 4.90 Å². The minimum absolute atomic E-state index is 0.298. The zero-order chi connectivity index (χ0) is 21.0. The van der Waals surface area contributed by atoms with Crippen LogP contribution in [0.3, 0.4) is 0 Å². The van der Waals surface area contributed by atoms with Gasteiger partial charge < -0.3 is 10.2 Å². The number of carbonyl (C=O) groups excluding carboxylic acids is 4. The molecule has 0 saturated carbocycles. The molecule has 152 valence electrons. The molecule has 2 aliphatic carbocycles. The topological polar surface area (TPSA) is 95.6 Å². The number of urea groups is 1. The third-order valence-electron chi connectivity index (χ3n) is 6.67. The van der Waals surface area contributed by atoms with Gasteiger partial charge in [0.25, 0.3) is 11.8 Å². The number of nitrogens with zero attached hydrogens (tertiary/aromatic N) is 1. The highest BCUT2D eigenvalue weighted by molar-refractivity contribution is 6.41. The number of hydrogen-bond acceptors (Lipinski definition) is 4. The molecule has 3 aliphatic rings. The number of rotatable bonds is 3. The Morgan fingerprint density at radius 1 is 1.00 bits per heavy atom. The zero-order valence-corrected chi connectivity index (χ0v) is 16.5. The van der Waals surface area contributed by atoms with Crippen LogP contribution in [0.25, 0.3) is 0 Å². The van der Waals surface area contributed by atoms with Crippen LogP contribution in [0.5, 0.6) is 0 Å². The first kappa shape index (κ1) is 18.5. The summed E-state index contributed by atoms with van der Waals surface area (Å²) in [4.78, 5) is 51.0. The SMILES string of the molecule is CN1C(=O)NC(=O)C12Cc1ccc(NC(=O)C(=O)C3Cc4ccccc4C3)cc1C2. The number of hydrogen-bond donors (Lipinski definition) is 2. The third-order valence-corrected chi connectivity index (χ3v) is 6.67. The van der Waals surface area contributed by atoms with Crippen LogP contribution in [-0.2, 0) is 40.1 Å². The van der Waals surface area contributed by atoms with Crippen molar-refractivity contribution in [2.75, 3.05) is 12.4 Å². The van der Waals surface area contributed by atoms with Gasteiger partial charge in [0.2, 0.25) is 5.78 Å². The molecule has 2 aromatic carbocycles. The van der Waals surface area contributed by atoms with Crippen molar-refractivity contribution < 1.29 is 19.2 Å². The highest BCUT2D eigenvalue weighted by Crippen LogP contribution is 2.38. The Hall–Kier alpha value is -3.48. The van der Waals surface area contributed by atoms with Crippen LogP contribution in [0.2, 0.25) is 0 Å². The Balaban J connectivity index is 1.29. The van der Waals surface area contributed by atoms with Gasteiger partial charge >= 0.3 is 6.03 Å². The number of anilines is 1. The molecular weight excluding hydrogens is 382 g/mol. The number of benzene rings is 2. The lowest BCUT2D eigenvalue weighted by molar-refractivity contribution is -0.137. The quantitative estimate of drug-likeness (QED) is 0.602. The smallest absolute Gasteiger partial charge is 0.319 e. The lowest BCUT2D eigenvalue weighted by Crippen LogP contribution is -2.48. The molecule has 7 heteroatoms. The Bertz CT molecular complexity index is 1100. The van der Waals surface area contributed by atoms with Gasteiger partial charge in [-0.2, -0.15) is 0 Å². The van der Waals surface area contributed by atoms with Gasteiger partial charge in [0.05, 0.1) is 0 Å². The fraction of sp³-hybridized carbons (Fsp3) is 0.304. The van der Waals surface area contributed by atoms with Crippen molar-refractivity contribution in [1.82, 2.24) is 10.2 Å². The Labute approximate surface area is 173 Å². The van der Waals surface area contributed by atoms with E-state index in [0.29, 0.717) is 31.4 Å². The van der Waals surface area contributed by atoms with Crippen LogP contribution in [0.15, 0.2) is 42.5 Å². The highest BCUT2D eigenvalue weighted by atomic mass is 16.2. The van der Waals surface area contributed by atoms with Gasteiger partial charge in [0, 0.05) is 31.5 Å². The predicted octanol–water partition coefficient (Wildman–Crippen LogP) is 1.63. The van der Waals surface area contributed by atoms with Crippen molar-refractivity contribution in [3.8, 4) is 0 Å². The summed E-state index contributed by atoms with van der Waals surface area (Å²) in [7, 11) is 1.62. The van der Waals surface area contributed by atoms with Gasteiger partial charge in [-0.25, -0.2) is 4.79 Å². The van der Waals surface area contributed by atoms with Crippen molar-refractivity contribution >= 4 is 29.3 Å². The van der Waals surface area contributed by atoms with Crippen LogP contribution < -0.4 is 10.6 Å². The summed E-state index contributed by atoms with van der Waals surface area (Å²) in [6.45, 7) is 0. The molecule has 7 nitrogen and oxygen atoms in total. The Morgan fingerprint density at radius 3 is 2.30 bits per heavy atom. The first-order valence-electron chi connectivity index (χ1n) is 10.0. The van der Waals surface area contributed by atoms with Crippen molar-refractivity contribution in [2.24, 2.45) is 5.92 Å². The molecule has 0 aromatic heterocycles. The maximum absolute atomic E-state index is 12.7. The van der Waals surface area contributed by atoms with Crippen molar-refractivity contribution in [1.29, 1.82) is 0 Å². The van der Waals surface area contributed by atoms with E-state index in [0.717, 1.165) is 22.3 Å². The second kappa shape index (κ2) is 6.52. The number of ketones is 1. The molecule has 30 heavy (non-hydrogen) atoms. The van der Waals surface area contributed by atoms with Crippen molar-refractivity contribution in [3.63, 3.8) is 0 Å². The molecule has 5 rings (SSSR count). The summed E-state index contributed by atoms with van der Waals surface area (Å²) in [5, 5.41) is 5.08. The molecule has 1 unspecified atom stereocenters. The highest BCUT2D eigenvalue weighted by Gasteiger charge is 2.54. The van der Waals surface area contributed by atoms with Crippen LogP contribution in [0.1, 0.15) is 22.3 Å². The van der Waals surface area contributed by atoms with Crippen LogP contribution >= 0.6 is 0 Å². The van der Waals surface area contributed by atoms with E-state index in [-0.39, 0.29) is 11.8 Å². The molecule has 1 aliphatic heterocycles. The second-order valence-electron chi connectivity index (χ2n) is 8.38. The van der Waals surface area contributed by atoms with E-state index in [1.807, 2.05) is 30.3 Å². The van der Waals surface area contributed by atoms with E-state index < -0.39 is 23.3 Å². The lowest BCUT2D eigenvalue weighted by Gasteiger charge is -2.27. The maximum atomic E-state index is 12.7. The molecule has 0 bridgehead atoms. The van der Waals surface area contributed by atoms with E-state index in [9.17, 15) is 19.2 Å². The molecule has 4 amide bonds. The second-order valence-corrected chi connectivity index (χ2v) is 8.38. The number of amides is 4. The van der Waals surface area contributed by atoms with Crippen molar-refractivity contribution in [2.45, 2.75) is 31.2 Å². The van der Waals surface area contributed by atoms with Crippen LogP contribution in [0.4, 0.5) is 10.5 Å². The van der Waals surface area contributed by atoms with Gasteiger partial charge in [-0.1, -0.05) is 30.3 Å². The fourth-order valence-corrected chi connectivity index (χ4v) is 4.90. The first-order chi connectivity index (χ1) is 14.4. The van der Waals surface area contributed by atoms with Gasteiger partial charge in [0.1, 0.15) is 5.54 Å². The Morgan fingerprint density at radius 2 is 1.67 bits per heavy atom. The number of carbonyl (C=O) groups is 4. The van der Waals surface area contributed by atoms with Gasteiger partial charge in [-0.15, -0.1) is 0 Å². The Kier molecular flexibility index (Phi) is 4.03. The number of likely N-dealkylation sites (N-methyl/N-ethyl adjacent to an activating group) is 1. The number of Topliss-reactive ketones (excluding diaryl/α,β-unsaturated/α-hetero) is 1. The molecule has 2 N–H and O–H groups in total. The zero-order valence-electron chi connectivity index (χ0n) is 16.5. The molecule has 1 heterocycles. The number of fused-ring (bicyclic) bond motifs is 2. The van der Waals surface area contributed by atoms with E-state index in [1.54, 1.807) is 19.2 Å². The normalized spacial score (nSPS) is 22.2. The summed E-state index contributed by atoms with van der Waals surface area (Å²) in [5.74, 6) is -1.66. The average Bonchev–Trinajstić information content (AvgIpc) is 3.38. The summed E-state index contributed by atoms with van der Waals surface area (Å²) in [6.07, 6.45) is 1.99. The predicted molar refractivity (Wildman–Crippen MR) is 109 cm³/mol. The van der Waals surface area contributed by atoms with Gasteiger partial charge in [0.15, 0.2) is 0 Å². The molecule has 1 fully saturated rings. The lowest BCUT2D eigenvalue weighted by atomic mass is 9.95. The van der Waals surface area contributed by atoms with E-state index in [4.69, 9.17) is 0 Å². The minimum atomic E-state index is -0.909. The summed E-state index contributed by atoms with van der Waals surface area (Å²) in [5.41, 5.74) is 3.72. The monoisotopic (exact) mass is 403 g/mol. The number of nitrogens with one attached hydrogen (secondary N) is 2. The minimum Gasteiger partial charge on any atom is -0.319 e. The molecule has 2 aromatic rings. The van der Waals surface area contributed by atoms with Crippen LogP contribution in [0, 0.1) is 5.92 Å². The molecule has 1 saturated heterocycles. The molecular formula is C23H21N3O4. The third kappa shape index (κ3) is 2.73. The summed E-state index contributed by atoms with van der Waals surface area (Å²) < 4.78 is 0. The number of imide groups is 1. The van der Waals surface area contributed by atoms with Gasteiger partial charge in [-0.3, -0.25) is 19.7 Å². The average molecular weight is 403 g/mol. The van der Waals surface area contributed by atoms with Crippen molar-refractivity contribution in [3.05, 3.63) is 64.7 Å². The standard InChI is InChI=1S/C23H21N3O4/c1-26-22(30)25-21(29)23(26)11-15-6-7-18(10-17(15)12-23)24-20(28)19(27)16-8-13-4-2-3-5-14(13)9-16/h2-7,10,16H,8-9,11-12H2,1H3,(H,24,28)(H,25,29,30). The summed E-state index contributed by atoms with van der Waals surface area (Å²) >= 11 is 0. The fourth-order valence-electron chi connectivity index (χ4n) is 4.90. The van der Waals surface area contributed by atoms with E-state index in [2.05, 4.69) is 10.6 Å². The van der Waals surface area contributed by atoms with Gasteiger partial charge in [-0.05, 0) is 47.2 Å². The van der Waals surface area contributed by atoms with Crippen LogP contribution in [-0.4, -0.2) is 41.1 Å². The summed E-state index contributed by atoms with van der Waals surface area (Å²) in [6, 6.07) is 12.9. The molecule has 1 atom stereocenters. The molecule has 0 radical (unpaired) electrons. The van der Waals surface area contributed by atoms with E-state index >= 15 is 0 Å². The largest absolute Gasteiger partial charge is 0.324 e. The first-order valence-corrected chi connectivity index (χ1v) is 10.0.